The van der Waals surface area contributed by atoms with Gasteiger partial charge in [-0.2, -0.15) is 0 Å². The number of nitrogens with one attached hydrogen (secondary N) is 8. The highest BCUT2D eigenvalue weighted by atomic mass is 35.5. The molecule has 0 bridgehead atoms. The van der Waals surface area contributed by atoms with Crippen LogP contribution in [0.15, 0.2) is 184 Å². The van der Waals surface area contributed by atoms with Crippen molar-refractivity contribution < 1.29 is 72.6 Å². The van der Waals surface area contributed by atoms with Gasteiger partial charge < -0.3 is 61.0 Å². The topological polar surface area (TPSA) is 399 Å². The van der Waals surface area contributed by atoms with Gasteiger partial charge in [-0.3, -0.25) is 39.1 Å². The first-order chi connectivity index (χ1) is 68.3. The third-order valence-electron chi connectivity index (χ3n) is 25.0. The van der Waals surface area contributed by atoms with Crippen LogP contribution in [0.4, 0.5) is 27.2 Å². The van der Waals surface area contributed by atoms with Crippen LogP contribution in [-0.4, -0.2) is 217 Å². The number of benzene rings is 4. The maximum atomic E-state index is 13.9. The fraction of sp³-hybridized carbons (Fsp3) is 0.438. The molecule has 4 aromatic heterocycles. The zero-order chi connectivity index (χ0) is 101. The van der Waals surface area contributed by atoms with Crippen LogP contribution in [0, 0.1) is 23.3 Å². The highest BCUT2D eigenvalue weighted by Crippen LogP contribution is 2.48. The molecule has 142 heavy (non-hydrogen) atoms. The standard InChI is InChI=1S/C26H31ClFN5O3S2.C25H29ClFN5O3S.C23H25ClFN5O3S2.C22H23ClFN5O3S/c1-2-29-26(34)24-21-14-17(32-38(35,36)18-8-9-18)15-33(21)22(5-3-4-6-23-30-11-12-37-23)31-25(24)19-10-7-16(28)13-20(19)27;1-3-28-24(33)22-19-13-16(30-25(34)35-2)14-32(19)20(6-4-5-7-21-29-10-11-36-21)31-23(22)17-9-8-15(27)12-18(17)26;1-2-26-23(31)21-18-10-14(29-35(32,33)15-4-5-15)12-30(18)19(11-20-27-7-8-34-20)28-22(21)16-6-3-13(25)9-17(16)24;1-3-25-21(30)19-16-9-13(27-22(31)32-2)11-29(16)17(10-18-26-6-7-33-18)28-20(19)14-5-4-12(24)8-15(14)23/h7,10-13,17-18,25,32H,2-6,8-9,14-15H2,1H3,(H,29,34);8-12,16,23H,3-7,13-14H2,1-2H3,(H,28,33)(H,30,34);3,6-9,14-15,22,29H,2,4-5,10-12H2,1H3,(H,26,31);4-8,13,20H,3,9-11H2,1-2H3,(H,25,30)(H,27,31)/t17-,25-;16-,23-;14-,22-;13-,20-/m0000/s1. The Labute approximate surface area is 856 Å². The van der Waals surface area contributed by atoms with Gasteiger partial charge in [0.1, 0.15) is 70.8 Å². The number of rotatable bonds is 34. The Hall–Kier alpha value is -10.6. The van der Waals surface area contributed by atoms with Gasteiger partial charge in [-0.25, -0.2) is 73.4 Å². The molecule has 8 N–H and O–H groups in total. The Kier molecular flexibility index (Phi) is 35.7. The number of methoxy groups -OCH3 is 2. The van der Waals surface area contributed by atoms with Crippen LogP contribution in [0.3, 0.4) is 0 Å². The van der Waals surface area contributed by atoms with E-state index in [1.165, 1.54) is 85.4 Å². The predicted molar refractivity (Wildman–Crippen MR) is 542 cm³/mol. The number of carbonyl (C=O) groups excluding carboxylic acids is 6. The molecule has 12 heterocycles. The second kappa shape index (κ2) is 47.9. The molecule has 0 radical (unpaired) electrons. The minimum atomic E-state index is -3.42. The van der Waals surface area contributed by atoms with E-state index in [0.717, 1.165) is 87.3 Å². The lowest BCUT2D eigenvalue weighted by molar-refractivity contribution is -0.118. The number of ether oxygens (including phenoxy) is 2. The van der Waals surface area contributed by atoms with E-state index in [9.17, 15) is 63.2 Å². The molecule has 6 amide bonds. The lowest BCUT2D eigenvalue weighted by Gasteiger charge is -2.33. The summed E-state index contributed by atoms with van der Waals surface area (Å²) in [7, 11) is -4.21. The third-order valence-corrected chi connectivity index (χ3v) is 33.5. The summed E-state index contributed by atoms with van der Waals surface area (Å²) >= 11 is 32.0. The zero-order valence-corrected chi connectivity index (χ0v) is 86.4. The molecule has 32 nitrogen and oxygen atoms in total. The molecule has 4 saturated heterocycles. The monoisotopic (exact) mass is 2140 g/mol. The number of amidine groups is 4. The van der Waals surface area contributed by atoms with Gasteiger partial charge in [0.15, 0.2) is 0 Å². The number of carbonyl (C=O) groups is 6. The van der Waals surface area contributed by atoms with Crippen LogP contribution in [-0.2, 0) is 74.4 Å². The van der Waals surface area contributed by atoms with Crippen LogP contribution < -0.4 is 41.3 Å². The molecule has 2 aliphatic carbocycles. The number of fused-ring (bicyclic) bond motifs is 4. The van der Waals surface area contributed by atoms with E-state index in [0.29, 0.717) is 191 Å². The number of hydrogen-bond acceptors (Lipinski definition) is 28. The predicted octanol–water partition coefficient (Wildman–Crippen LogP) is 15.6. The number of amides is 6. The van der Waals surface area contributed by atoms with Crippen molar-refractivity contribution in [2.75, 3.05) is 66.6 Å². The lowest BCUT2D eigenvalue weighted by Crippen LogP contribution is -2.41. The summed E-state index contributed by atoms with van der Waals surface area (Å²) < 4.78 is 121. The Balaban J connectivity index is 0.000000143. The van der Waals surface area contributed by atoms with Gasteiger partial charge >= 0.3 is 12.2 Å². The highest BCUT2D eigenvalue weighted by Gasteiger charge is 2.49. The number of thiazole rings is 4. The molecule has 6 fully saturated rings. The first kappa shape index (κ1) is 106. The van der Waals surface area contributed by atoms with Gasteiger partial charge in [0.05, 0.1) is 92.0 Å². The summed E-state index contributed by atoms with van der Waals surface area (Å²) in [5.74, 6) is -0.0262. The number of hydrogen-bond donors (Lipinski definition) is 8. The number of aromatic nitrogens is 4. The molecule has 18 rings (SSSR count). The van der Waals surface area contributed by atoms with Crippen molar-refractivity contribution in [3.63, 3.8) is 0 Å². The average molecular weight is 2140 g/mol. The summed E-state index contributed by atoms with van der Waals surface area (Å²) in [5, 5.41) is 28.8. The van der Waals surface area contributed by atoms with E-state index in [-0.39, 0.29) is 72.3 Å². The fourth-order valence-electron chi connectivity index (χ4n) is 18.3. The Morgan fingerprint density at radius 2 is 0.641 bits per heavy atom. The fourth-order valence-corrected chi connectivity index (χ4v) is 25.1. The Morgan fingerprint density at radius 1 is 0.380 bits per heavy atom. The van der Waals surface area contributed by atoms with E-state index < -0.39 is 85.7 Å². The molecule has 0 unspecified atom stereocenters. The van der Waals surface area contributed by atoms with Crippen LogP contribution >= 0.6 is 91.8 Å². The number of aryl methyl sites for hydroxylation is 2. The van der Waals surface area contributed by atoms with E-state index in [1.807, 2.05) is 68.8 Å². The molecule has 2 saturated carbocycles. The van der Waals surface area contributed by atoms with Gasteiger partial charge in [-0.1, -0.05) is 70.7 Å². The quantitative estimate of drug-likeness (QED) is 0.0137. The van der Waals surface area contributed by atoms with Crippen molar-refractivity contribution >= 4 is 171 Å². The number of sulfonamides is 2. The minimum Gasteiger partial charge on any atom is -0.453 e. The lowest BCUT2D eigenvalue weighted by atomic mass is 9.93. The Morgan fingerprint density at radius 3 is 0.901 bits per heavy atom. The number of alkyl carbamates (subject to hydrolysis) is 2. The molecule has 756 valence electrons. The summed E-state index contributed by atoms with van der Waals surface area (Å²) in [6.45, 7) is 10.7. The summed E-state index contributed by atoms with van der Waals surface area (Å²) in [6, 6.07) is 12.2. The summed E-state index contributed by atoms with van der Waals surface area (Å²) in [4.78, 5) is 122. The maximum absolute atomic E-state index is 13.9. The van der Waals surface area contributed by atoms with Gasteiger partial charge in [0, 0.05) is 214 Å². The molecule has 46 heteroatoms. The number of halogens is 8. The van der Waals surface area contributed by atoms with Crippen molar-refractivity contribution in [1.29, 1.82) is 0 Å². The first-order valence-electron chi connectivity index (χ1n) is 46.8. The molecule has 10 aliphatic rings. The van der Waals surface area contributed by atoms with Crippen LogP contribution in [0.25, 0.3) is 0 Å². The van der Waals surface area contributed by atoms with Gasteiger partial charge in [-0.05, 0) is 140 Å². The largest absolute Gasteiger partial charge is 0.453 e. The SMILES string of the molecule is CCNC(=O)C1=C2C[C@H](NC(=O)OC)CN2C(CCCCc2nccs2)=N[C@H]1c1ccc(F)cc1Cl.CCNC(=O)C1=C2C[C@H](NC(=O)OC)CN2C(Cc2nccs2)=N[C@H]1c1ccc(F)cc1Cl.CCNC(=O)C1=C2C[C@H](NS(=O)(=O)C3CC3)CN2C(CCCCc2nccs2)=N[C@H]1c1ccc(F)cc1Cl.CCNC(=O)C1=C2C[C@H](NS(=O)(=O)C3CC3)CN2C(Cc2nccs2)=N[C@H]1c1ccc(F)cc1Cl. The molecular weight excluding hydrogens is 2040 g/mol. The smallest absolute Gasteiger partial charge is 0.407 e. The van der Waals surface area contributed by atoms with E-state index >= 15 is 0 Å². The van der Waals surface area contributed by atoms with Crippen LogP contribution in [0.5, 0.6) is 0 Å². The number of aliphatic imine (C=N–C) groups is 4. The molecule has 8 aliphatic heterocycles. The maximum Gasteiger partial charge on any atom is 0.407 e. The molecular formula is C96H108Cl4F4N20O12S6. The second-order valence-electron chi connectivity index (χ2n) is 34.8. The van der Waals surface area contributed by atoms with Gasteiger partial charge in [0.2, 0.25) is 20.0 Å². The minimum absolute atomic E-state index is 0.173. The van der Waals surface area contributed by atoms with Gasteiger partial charge in [-0.15, -0.1) is 45.3 Å². The second-order valence-corrected chi connectivity index (χ2v) is 44.4. The summed E-state index contributed by atoms with van der Waals surface area (Å²) in [5.41, 5.74) is 6.87. The molecule has 4 aromatic carbocycles. The van der Waals surface area contributed by atoms with Crippen molar-refractivity contribution in [2.45, 2.75) is 202 Å². The van der Waals surface area contributed by atoms with Crippen molar-refractivity contribution in [1.82, 2.24) is 80.9 Å². The van der Waals surface area contributed by atoms with Gasteiger partial charge in [0.25, 0.3) is 23.6 Å². The highest BCUT2D eigenvalue weighted by molar-refractivity contribution is 7.90. The third kappa shape index (κ3) is 25.8. The molecule has 8 aromatic rings. The van der Waals surface area contributed by atoms with Crippen LogP contribution in [0.1, 0.15) is 184 Å². The number of unbranched alkanes of at least 4 members (excludes halogenated alkanes) is 2. The van der Waals surface area contributed by atoms with Crippen molar-refractivity contribution in [3.05, 3.63) is 250 Å². The number of nitrogens with zero attached hydrogens (tertiary/aromatic N) is 12. The molecule has 8 atom stereocenters. The van der Waals surface area contributed by atoms with E-state index in [1.54, 1.807) is 71.7 Å². The summed E-state index contributed by atoms with van der Waals surface area (Å²) in [6.07, 6.45) is 17.7. The van der Waals surface area contributed by atoms with Crippen molar-refractivity contribution in [2.24, 2.45) is 20.0 Å². The van der Waals surface area contributed by atoms with E-state index in [2.05, 4.69) is 61.3 Å². The van der Waals surface area contributed by atoms with E-state index in [4.69, 9.17) is 75.8 Å². The number of likely N-dealkylation sites (N-methyl/N-ethyl adjacent to an activating group) is 4. The van der Waals surface area contributed by atoms with Crippen LogP contribution in [0.2, 0.25) is 20.1 Å². The molecule has 0 spiro atoms. The first-order valence-corrected chi connectivity index (χ1v) is 54.9. The Bertz CT molecular complexity index is 6490. The average Bonchev–Trinajstić information content (AvgIpc) is 1.58. The zero-order valence-electron chi connectivity index (χ0n) is 78.4. The van der Waals surface area contributed by atoms with Crippen molar-refractivity contribution in [3.8, 4) is 0 Å². The normalized spacial score (nSPS) is 20.7.